The molecule has 0 aromatic heterocycles. The number of carbonyl (C=O) groups excluding carboxylic acids is 1. The molecule has 1 amide bonds. The van der Waals surface area contributed by atoms with E-state index < -0.39 is 5.97 Å². The predicted octanol–water partition coefficient (Wildman–Crippen LogP) is 2.04. The van der Waals surface area contributed by atoms with E-state index in [0.29, 0.717) is 11.3 Å². The fraction of sp³-hybridized carbons (Fsp3) is 0.250. The molecule has 0 radical (unpaired) electrons. The molecular formula is C8H10Cl3NO3S. The Hall–Kier alpha value is -0.360. The molecule has 0 aliphatic carbocycles. The zero-order valence-electron chi connectivity index (χ0n) is 7.91. The lowest BCUT2D eigenvalue weighted by Gasteiger charge is -2.42. The number of hydrogen-bond donors (Lipinski definition) is 1. The number of β-lactam (4-membered cyclic amide) rings is 1. The molecule has 4 nitrogen and oxygen atoms in total. The van der Waals surface area contributed by atoms with E-state index in [4.69, 9.17) is 5.11 Å². The summed E-state index contributed by atoms with van der Waals surface area (Å²) in [6.45, 7) is 3.68. The summed E-state index contributed by atoms with van der Waals surface area (Å²) in [4.78, 5) is 23.8. The van der Waals surface area contributed by atoms with Crippen molar-refractivity contribution in [1.29, 1.82) is 0 Å². The topological polar surface area (TPSA) is 57.6 Å². The van der Waals surface area contributed by atoms with Crippen LogP contribution in [0.5, 0.6) is 0 Å². The van der Waals surface area contributed by atoms with E-state index in [1.807, 2.05) is 0 Å². The number of carboxylic acids is 1. The first-order valence-corrected chi connectivity index (χ1v) is 4.60. The number of aliphatic carboxylic acids is 1. The number of halogens is 3. The molecule has 1 saturated heterocycles. The Morgan fingerprint density at radius 1 is 1.50 bits per heavy atom. The van der Waals surface area contributed by atoms with Crippen LogP contribution < -0.4 is 0 Å². The van der Waals surface area contributed by atoms with Gasteiger partial charge in [-0.2, -0.15) is 0 Å². The highest BCUT2D eigenvalue weighted by Gasteiger charge is 2.43. The van der Waals surface area contributed by atoms with Gasteiger partial charge in [0.15, 0.2) is 0 Å². The van der Waals surface area contributed by atoms with E-state index >= 15 is 0 Å². The molecule has 1 N–H and O–H groups in total. The van der Waals surface area contributed by atoms with Gasteiger partial charge in [-0.05, 0) is 6.08 Å². The summed E-state index contributed by atoms with van der Waals surface area (Å²) < 4.78 is 0. The number of fused-ring (bicyclic) bond motifs is 1. The highest BCUT2D eigenvalue weighted by atomic mass is 35.5. The Balaban J connectivity index is 0. The molecule has 2 rings (SSSR count). The number of amides is 1. The van der Waals surface area contributed by atoms with E-state index in [1.165, 1.54) is 22.7 Å². The number of nitrogens with zero attached hydrogens (tertiary/aromatic N) is 1. The Labute approximate surface area is 115 Å². The van der Waals surface area contributed by atoms with Crippen molar-refractivity contribution in [2.75, 3.05) is 0 Å². The van der Waals surface area contributed by atoms with Crippen LogP contribution in [0.3, 0.4) is 0 Å². The quantitative estimate of drug-likeness (QED) is 0.753. The zero-order chi connectivity index (χ0) is 9.59. The Morgan fingerprint density at radius 2 is 2.06 bits per heavy atom. The molecule has 0 saturated carbocycles. The fourth-order valence-corrected chi connectivity index (χ4v) is 2.46. The molecule has 0 bridgehead atoms. The van der Waals surface area contributed by atoms with Gasteiger partial charge in [-0.1, -0.05) is 6.58 Å². The first kappa shape index (κ1) is 18.0. The normalized spacial score (nSPS) is 21.4. The Kier molecular flexibility index (Phi) is 7.20. The summed E-state index contributed by atoms with van der Waals surface area (Å²) in [6, 6.07) is 0. The summed E-state index contributed by atoms with van der Waals surface area (Å²) in [6.07, 6.45) is 1.84. The third-order valence-electron chi connectivity index (χ3n) is 1.97. The molecule has 92 valence electrons. The molecule has 0 spiro atoms. The number of carboxylic acid groups (broad SMARTS) is 1. The summed E-state index contributed by atoms with van der Waals surface area (Å²) in [5, 5.41) is 8.74. The van der Waals surface area contributed by atoms with Gasteiger partial charge in [-0.25, -0.2) is 4.79 Å². The maximum atomic E-state index is 11.1. The van der Waals surface area contributed by atoms with Gasteiger partial charge < -0.3 is 5.11 Å². The number of carbonyl (C=O) groups is 2. The molecule has 1 atom stereocenters. The van der Waals surface area contributed by atoms with Gasteiger partial charge in [0.25, 0.3) is 0 Å². The lowest BCUT2D eigenvalue weighted by molar-refractivity contribution is -0.145. The third kappa shape index (κ3) is 2.85. The minimum absolute atomic E-state index is 0. The van der Waals surface area contributed by atoms with Crippen molar-refractivity contribution >= 4 is 60.9 Å². The van der Waals surface area contributed by atoms with Gasteiger partial charge in [-0.3, -0.25) is 9.69 Å². The second-order valence-electron chi connectivity index (χ2n) is 2.84. The minimum atomic E-state index is -1.07. The number of thioether (sulfide) groups is 1. The van der Waals surface area contributed by atoms with Gasteiger partial charge in [0.2, 0.25) is 5.91 Å². The average Bonchev–Trinajstić information content (AvgIpc) is 2.01. The van der Waals surface area contributed by atoms with Crippen LogP contribution in [-0.2, 0) is 9.59 Å². The molecule has 2 aliphatic rings. The molecular weight excluding hydrogens is 297 g/mol. The molecule has 2 heterocycles. The lowest BCUT2D eigenvalue weighted by Crippen LogP contribution is -2.52. The van der Waals surface area contributed by atoms with E-state index in [0.717, 1.165) is 0 Å². The largest absolute Gasteiger partial charge is 0.477 e. The minimum Gasteiger partial charge on any atom is -0.477 e. The smallest absolute Gasteiger partial charge is 0.352 e. The van der Waals surface area contributed by atoms with Gasteiger partial charge in [0.05, 0.1) is 11.8 Å². The van der Waals surface area contributed by atoms with E-state index in [9.17, 15) is 9.59 Å². The lowest BCUT2D eigenvalue weighted by atomic mass is 10.1. The van der Waals surface area contributed by atoms with Crippen molar-refractivity contribution in [3.8, 4) is 0 Å². The molecule has 0 aromatic rings. The number of hydrogen-bond acceptors (Lipinski definition) is 3. The molecule has 1 unspecified atom stereocenters. The van der Waals surface area contributed by atoms with Gasteiger partial charge in [0.1, 0.15) is 5.70 Å². The van der Waals surface area contributed by atoms with Gasteiger partial charge in [-0.15, -0.1) is 49.0 Å². The SMILES string of the molecule is C=C1C=C(C(=O)O)N2C(=O)CC2S1.Cl.Cl.Cl. The van der Waals surface area contributed by atoms with E-state index in [-0.39, 0.29) is 54.2 Å². The van der Waals surface area contributed by atoms with Crippen molar-refractivity contribution < 1.29 is 14.7 Å². The molecule has 1 fully saturated rings. The van der Waals surface area contributed by atoms with Crippen LogP contribution in [0.15, 0.2) is 23.3 Å². The highest BCUT2D eigenvalue weighted by molar-refractivity contribution is 8.04. The molecule has 2 aliphatic heterocycles. The zero-order valence-corrected chi connectivity index (χ0v) is 11.2. The summed E-state index contributed by atoms with van der Waals surface area (Å²) >= 11 is 1.43. The van der Waals surface area contributed by atoms with Crippen molar-refractivity contribution in [2.45, 2.75) is 11.8 Å². The van der Waals surface area contributed by atoms with Crippen LogP contribution in [0.2, 0.25) is 0 Å². The van der Waals surface area contributed by atoms with E-state index in [2.05, 4.69) is 6.58 Å². The van der Waals surface area contributed by atoms with Gasteiger partial charge in [0, 0.05) is 4.91 Å². The first-order chi connectivity index (χ1) is 6.09. The summed E-state index contributed by atoms with van der Waals surface area (Å²) in [7, 11) is 0. The maximum Gasteiger partial charge on any atom is 0.352 e. The van der Waals surface area contributed by atoms with Crippen molar-refractivity contribution in [1.82, 2.24) is 4.90 Å². The summed E-state index contributed by atoms with van der Waals surface area (Å²) in [5.41, 5.74) is 0.0463. The van der Waals surface area contributed by atoms with Crippen LogP contribution in [0, 0.1) is 0 Å². The maximum absolute atomic E-state index is 11.1. The standard InChI is InChI=1S/C8H7NO3S.3ClH/c1-4-2-5(8(11)12)9-6(10)3-7(9)13-4;;;/h2,7H,1,3H2,(H,11,12);3*1H. The van der Waals surface area contributed by atoms with Gasteiger partial charge >= 0.3 is 5.97 Å². The predicted molar refractivity (Wildman–Crippen MR) is 69.4 cm³/mol. The van der Waals surface area contributed by atoms with Crippen LogP contribution in [0.4, 0.5) is 0 Å². The fourth-order valence-electron chi connectivity index (χ4n) is 1.37. The van der Waals surface area contributed by atoms with Crippen LogP contribution in [-0.4, -0.2) is 27.3 Å². The number of allylic oxidation sites excluding steroid dienone is 1. The van der Waals surface area contributed by atoms with Crippen LogP contribution in [0.25, 0.3) is 0 Å². The summed E-state index contributed by atoms with van der Waals surface area (Å²) in [5.74, 6) is -1.20. The molecule has 16 heavy (non-hydrogen) atoms. The third-order valence-corrected chi connectivity index (χ3v) is 3.04. The number of rotatable bonds is 1. The van der Waals surface area contributed by atoms with E-state index in [1.54, 1.807) is 0 Å². The Morgan fingerprint density at radius 3 is 2.50 bits per heavy atom. The average molecular weight is 307 g/mol. The second kappa shape index (κ2) is 6.39. The second-order valence-corrected chi connectivity index (χ2v) is 4.15. The molecule has 8 heteroatoms. The monoisotopic (exact) mass is 305 g/mol. The van der Waals surface area contributed by atoms with Crippen LogP contribution >= 0.6 is 49.0 Å². The molecule has 0 aromatic carbocycles. The van der Waals surface area contributed by atoms with Crippen molar-refractivity contribution in [3.05, 3.63) is 23.3 Å². The van der Waals surface area contributed by atoms with Crippen molar-refractivity contribution in [3.63, 3.8) is 0 Å². The van der Waals surface area contributed by atoms with Crippen molar-refractivity contribution in [2.24, 2.45) is 0 Å². The van der Waals surface area contributed by atoms with Crippen LogP contribution in [0.1, 0.15) is 6.42 Å². The first-order valence-electron chi connectivity index (χ1n) is 3.72. The Bertz CT molecular complexity index is 358. The highest BCUT2D eigenvalue weighted by Crippen LogP contribution is 2.41.